The summed E-state index contributed by atoms with van der Waals surface area (Å²) >= 11 is 0. The second-order valence-corrected chi connectivity index (χ2v) is 4.52. The molecule has 0 saturated heterocycles. The lowest BCUT2D eigenvalue weighted by Gasteiger charge is -2.09. The molecule has 1 aromatic carbocycles. The van der Waals surface area contributed by atoms with Gasteiger partial charge in [0.2, 0.25) is 0 Å². The lowest BCUT2D eigenvalue weighted by atomic mass is 9.99. The van der Waals surface area contributed by atoms with E-state index >= 15 is 0 Å². The Labute approximate surface area is 96.5 Å². The number of hydrogen-bond donors (Lipinski definition) is 1. The molecule has 1 atom stereocenters. The molecule has 1 aromatic heterocycles. The van der Waals surface area contributed by atoms with Crippen LogP contribution in [-0.4, -0.2) is 11.5 Å². The average Bonchev–Trinajstić information content (AvgIpc) is 2.29. The van der Waals surface area contributed by atoms with Gasteiger partial charge in [-0.3, -0.25) is 4.98 Å². The van der Waals surface area contributed by atoms with E-state index in [4.69, 9.17) is 5.73 Å². The van der Waals surface area contributed by atoms with Crippen LogP contribution < -0.4 is 5.73 Å². The van der Waals surface area contributed by atoms with Crippen LogP contribution in [0.2, 0.25) is 0 Å². The zero-order valence-electron chi connectivity index (χ0n) is 9.90. The summed E-state index contributed by atoms with van der Waals surface area (Å²) in [7, 11) is 0. The van der Waals surface area contributed by atoms with E-state index in [9.17, 15) is 0 Å². The minimum Gasteiger partial charge on any atom is -0.330 e. The van der Waals surface area contributed by atoms with E-state index in [-0.39, 0.29) is 0 Å². The fourth-order valence-corrected chi connectivity index (χ4v) is 1.95. The third kappa shape index (κ3) is 2.22. The molecule has 16 heavy (non-hydrogen) atoms. The number of benzene rings is 1. The summed E-state index contributed by atoms with van der Waals surface area (Å²) in [6, 6.07) is 8.57. The van der Waals surface area contributed by atoms with Crippen LogP contribution in [0.15, 0.2) is 30.5 Å². The number of nitrogens with zero attached hydrogens (tertiary/aromatic N) is 1. The molecular formula is C14H18N2. The number of hydrogen-bond acceptors (Lipinski definition) is 2. The fourth-order valence-electron chi connectivity index (χ4n) is 1.95. The number of fused-ring (bicyclic) bond motifs is 1. The van der Waals surface area contributed by atoms with Gasteiger partial charge < -0.3 is 5.73 Å². The lowest BCUT2D eigenvalue weighted by Crippen LogP contribution is -2.13. The van der Waals surface area contributed by atoms with Crippen LogP contribution in [0.1, 0.15) is 18.1 Å². The highest BCUT2D eigenvalue weighted by molar-refractivity contribution is 5.82. The predicted octanol–water partition coefficient (Wildman–Crippen LogP) is 2.68. The Balaban J connectivity index is 2.37. The molecule has 0 aliphatic heterocycles. The molecule has 0 fully saturated rings. The third-order valence-corrected chi connectivity index (χ3v) is 3.01. The van der Waals surface area contributed by atoms with Crippen LogP contribution in [0, 0.1) is 12.8 Å². The molecule has 0 aliphatic rings. The van der Waals surface area contributed by atoms with Crippen molar-refractivity contribution in [1.29, 1.82) is 0 Å². The van der Waals surface area contributed by atoms with E-state index in [2.05, 4.69) is 37.0 Å². The van der Waals surface area contributed by atoms with E-state index in [1.54, 1.807) is 0 Å². The minimum absolute atomic E-state index is 0.530. The normalized spacial score (nSPS) is 12.9. The first-order valence-corrected chi connectivity index (χ1v) is 5.75. The van der Waals surface area contributed by atoms with Crippen molar-refractivity contribution in [3.05, 3.63) is 41.6 Å². The van der Waals surface area contributed by atoms with Gasteiger partial charge in [-0.1, -0.05) is 19.1 Å². The van der Waals surface area contributed by atoms with Crippen LogP contribution >= 0.6 is 0 Å². The summed E-state index contributed by atoms with van der Waals surface area (Å²) in [6.07, 6.45) is 2.90. The van der Waals surface area contributed by atoms with Gasteiger partial charge in [0, 0.05) is 11.6 Å². The van der Waals surface area contributed by atoms with Crippen LogP contribution in [0.5, 0.6) is 0 Å². The summed E-state index contributed by atoms with van der Waals surface area (Å²) in [4.78, 5) is 4.40. The van der Waals surface area contributed by atoms with Gasteiger partial charge in [-0.05, 0) is 49.1 Å². The molecule has 2 N–H and O–H groups in total. The van der Waals surface area contributed by atoms with Crippen LogP contribution in [0.4, 0.5) is 0 Å². The molecule has 0 radical (unpaired) electrons. The predicted molar refractivity (Wildman–Crippen MR) is 68.4 cm³/mol. The molecular weight excluding hydrogens is 196 g/mol. The molecule has 0 bridgehead atoms. The number of rotatable bonds is 3. The molecule has 2 nitrogen and oxygen atoms in total. The Morgan fingerprint density at radius 1 is 1.31 bits per heavy atom. The minimum atomic E-state index is 0.530. The maximum atomic E-state index is 5.64. The Morgan fingerprint density at radius 2 is 2.12 bits per heavy atom. The molecule has 0 aliphatic carbocycles. The van der Waals surface area contributed by atoms with E-state index in [0.717, 1.165) is 18.5 Å². The van der Waals surface area contributed by atoms with Gasteiger partial charge in [-0.25, -0.2) is 0 Å². The summed E-state index contributed by atoms with van der Waals surface area (Å²) in [5.74, 6) is 0.530. The second-order valence-electron chi connectivity index (χ2n) is 4.52. The second kappa shape index (κ2) is 4.62. The van der Waals surface area contributed by atoms with Crippen LogP contribution in [0.25, 0.3) is 10.9 Å². The molecule has 1 unspecified atom stereocenters. The number of nitrogens with two attached hydrogens (primary N) is 1. The van der Waals surface area contributed by atoms with Crippen molar-refractivity contribution in [2.75, 3.05) is 6.54 Å². The SMILES string of the molecule is Cc1ccnc2cc(CC(C)CN)ccc12. The van der Waals surface area contributed by atoms with E-state index < -0.39 is 0 Å². The highest BCUT2D eigenvalue weighted by Crippen LogP contribution is 2.18. The first kappa shape index (κ1) is 11.1. The van der Waals surface area contributed by atoms with E-state index in [1.807, 2.05) is 12.3 Å². The van der Waals surface area contributed by atoms with Gasteiger partial charge in [0.1, 0.15) is 0 Å². The molecule has 2 rings (SSSR count). The molecule has 1 heterocycles. The van der Waals surface area contributed by atoms with Crippen molar-refractivity contribution in [2.45, 2.75) is 20.3 Å². The quantitative estimate of drug-likeness (QED) is 0.853. The van der Waals surface area contributed by atoms with Crippen molar-refractivity contribution >= 4 is 10.9 Å². The summed E-state index contributed by atoms with van der Waals surface area (Å²) < 4.78 is 0. The van der Waals surface area contributed by atoms with Gasteiger partial charge in [0.05, 0.1) is 5.52 Å². The molecule has 0 saturated carbocycles. The van der Waals surface area contributed by atoms with Crippen molar-refractivity contribution in [1.82, 2.24) is 4.98 Å². The van der Waals surface area contributed by atoms with Gasteiger partial charge in [-0.15, -0.1) is 0 Å². The summed E-state index contributed by atoms with van der Waals surface area (Å²) in [6.45, 7) is 5.03. The Morgan fingerprint density at radius 3 is 2.88 bits per heavy atom. The fraction of sp³-hybridized carbons (Fsp3) is 0.357. The van der Waals surface area contributed by atoms with Gasteiger partial charge >= 0.3 is 0 Å². The summed E-state index contributed by atoms with van der Waals surface area (Å²) in [5, 5.41) is 1.24. The zero-order valence-corrected chi connectivity index (χ0v) is 9.90. The molecule has 2 heteroatoms. The monoisotopic (exact) mass is 214 g/mol. The molecule has 2 aromatic rings. The molecule has 84 valence electrons. The topological polar surface area (TPSA) is 38.9 Å². The van der Waals surface area contributed by atoms with Crippen LogP contribution in [0.3, 0.4) is 0 Å². The highest BCUT2D eigenvalue weighted by Gasteiger charge is 2.03. The molecule has 0 spiro atoms. The number of aromatic nitrogens is 1. The van der Waals surface area contributed by atoms with Gasteiger partial charge in [0.25, 0.3) is 0 Å². The number of aryl methyl sites for hydroxylation is 1. The first-order valence-electron chi connectivity index (χ1n) is 5.75. The zero-order chi connectivity index (χ0) is 11.5. The van der Waals surface area contributed by atoms with E-state index in [1.165, 1.54) is 16.5 Å². The Hall–Kier alpha value is -1.41. The van der Waals surface area contributed by atoms with Gasteiger partial charge in [-0.2, -0.15) is 0 Å². The standard InChI is InChI=1S/C14H18N2/c1-10(9-15)7-12-3-4-13-11(2)5-6-16-14(13)8-12/h3-6,8,10H,7,9,15H2,1-2H3. The smallest absolute Gasteiger partial charge is 0.0707 e. The molecule has 0 amide bonds. The van der Waals surface area contributed by atoms with Crippen molar-refractivity contribution in [3.8, 4) is 0 Å². The third-order valence-electron chi connectivity index (χ3n) is 3.01. The Kier molecular flexibility index (Phi) is 3.20. The van der Waals surface area contributed by atoms with Crippen LogP contribution in [-0.2, 0) is 6.42 Å². The van der Waals surface area contributed by atoms with Crippen molar-refractivity contribution in [3.63, 3.8) is 0 Å². The Bertz CT molecular complexity index is 491. The van der Waals surface area contributed by atoms with E-state index in [0.29, 0.717) is 5.92 Å². The van der Waals surface area contributed by atoms with Crippen molar-refractivity contribution < 1.29 is 0 Å². The van der Waals surface area contributed by atoms with Crippen molar-refractivity contribution in [2.24, 2.45) is 11.7 Å². The lowest BCUT2D eigenvalue weighted by molar-refractivity contribution is 0.593. The largest absolute Gasteiger partial charge is 0.330 e. The highest BCUT2D eigenvalue weighted by atomic mass is 14.6. The summed E-state index contributed by atoms with van der Waals surface area (Å²) in [5.41, 5.74) is 9.33. The number of pyridine rings is 1. The first-order chi connectivity index (χ1) is 7.70. The maximum absolute atomic E-state index is 5.64. The average molecular weight is 214 g/mol. The maximum Gasteiger partial charge on any atom is 0.0707 e. The van der Waals surface area contributed by atoms with Gasteiger partial charge in [0.15, 0.2) is 0 Å².